The van der Waals surface area contributed by atoms with Crippen molar-refractivity contribution < 1.29 is 14.3 Å². The second kappa shape index (κ2) is 9.84. The zero-order valence-corrected chi connectivity index (χ0v) is 21.4. The van der Waals surface area contributed by atoms with E-state index in [9.17, 15) is 14.7 Å². The maximum Gasteiger partial charge on any atom is 0.341 e. The van der Waals surface area contributed by atoms with Gasteiger partial charge in [-0.25, -0.2) is 9.18 Å². The van der Waals surface area contributed by atoms with Crippen LogP contribution in [0.3, 0.4) is 0 Å². The molecule has 0 unspecified atom stereocenters. The van der Waals surface area contributed by atoms with Crippen molar-refractivity contribution in [3.8, 4) is 0 Å². The van der Waals surface area contributed by atoms with Crippen LogP contribution in [-0.2, 0) is 13.0 Å². The maximum atomic E-state index is 15.1. The van der Waals surface area contributed by atoms with E-state index in [-0.39, 0.29) is 10.9 Å². The van der Waals surface area contributed by atoms with Crippen LogP contribution in [0.1, 0.15) is 28.4 Å². The highest BCUT2D eigenvalue weighted by atomic mass is 79.9. The summed E-state index contributed by atoms with van der Waals surface area (Å²) in [6, 6.07) is 9.04. The second-order valence-electron chi connectivity index (χ2n) is 8.42. The molecule has 4 rings (SSSR count). The van der Waals surface area contributed by atoms with Crippen LogP contribution in [-0.4, -0.2) is 51.7 Å². The molecule has 0 aliphatic carbocycles. The number of aryl methyl sites for hydroxylation is 2. The van der Waals surface area contributed by atoms with E-state index in [2.05, 4.69) is 39.0 Å². The standard InChI is InChI=1S/C25H25BrFN3O3S/c1-3-28-14-18(25(32)33)24(31)17-12-20(27)22(13-21(17)28)29-6-8-30(9-7-29)23(34)11-16-5-4-15(2)10-19(16)26/h4-5,10,12-14H,3,6-9,11H2,1-2H3,(H,32,33). The monoisotopic (exact) mass is 545 g/mol. The van der Waals surface area contributed by atoms with Gasteiger partial charge in [-0.3, -0.25) is 4.79 Å². The average Bonchev–Trinajstić information content (AvgIpc) is 2.81. The van der Waals surface area contributed by atoms with Crippen LogP contribution in [0.25, 0.3) is 10.9 Å². The number of nitrogens with zero attached hydrogens (tertiary/aromatic N) is 3. The van der Waals surface area contributed by atoms with Gasteiger partial charge in [-0.2, -0.15) is 0 Å². The van der Waals surface area contributed by atoms with Crippen LogP contribution < -0.4 is 10.3 Å². The Balaban J connectivity index is 1.54. The lowest BCUT2D eigenvalue weighted by Gasteiger charge is -2.37. The molecule has 0 amide bonds. The number of carboxylic acids is 1. The quantitative estimate of drug-likeness (QED) is 0.472. The summed E-state index contributed by atoms with van der Waals surface area (Å²) >= 11 is 9.31. The van der Waals surface area contributed by atoms with E-state index in [1.54, 1.807) is 10.6 Å². The predicted octanol–water partition coefficient (Wildman–Crippen LogP) is 4.62. The molecule has 1 aliphatic heterocycles. The summed E-state index contributed by atoms with van der Waals surface area (Å²) in [5.41, 5.74) is 2.22. The molecule has 0 atom stereocenters. The third kappa shape index (κ3) is 4.72. The molecule has 1 aromatic heterocycles. The molecule has 9 heteroatoms. The van der Waals surface area contributed by atoms with Gasteiger partial charge in [0.15, 0.2) is 0 Å². The van der Waals surface area contributed by atoms with E-state index in [0.717, 1.165) is 21.1 Å². The molecule has 1 fully saturated rings. The number of hydrogen-bond acceptors (Lipinski definition) is 4. The molecule has 178 valence electrons. The third-order valence-corrected chi connectivity index (χ3v) is 7.38. The summed E-state index contributed by atoms with van der Waals surface area (Å²) in [6.07, 6.45) is 1.99. The Hall–Kier alpha value is -2.78. The maximum absolute atomic E-state index is 15.1. The van der Waals surface area contributed by atoms with Gasteiger partial charge in [0, 0.05) is 55.2 Å². The number of thiocarbonyl (C=S) groups is 1. The van der Waals surface area contributed by atoms with Crippen LogP contribution in [0, 0.1) is 12.7 Å². The van der Waals surface area contributed by atoms with Crippen molar-refractivity contribution in [2.75, 3.05) is 31.1 Å². The highest BCUT2D eigenvalue weighted by Gasteiger charge is 2.23. The molecule has 0 saturated carbocycles. The van der Waals surface area contributed by atoms with E-state index in [1.165, 1.54) is 11.8 Å². The smallest absolute Gasteiger partial charge is 0.341 e. The Morgan fingerprint density at radius 3 is 2.50 bits per heavy atom. The molecule has 2 aromatic carbocycles. The first-order valence-electron chi connectivity index (χ1n) is 11.1. The number of aromatic carboxylic acids is 1. The number of carboxylic acid groups (broad SMARTS) is 1. The molecule has 1 aliphatic rings. The summed E-state index contributed by atoms with van der Waals surface area (Å²) in [6.45, 7) is 6.85. The molecule has 0 radical (unpaired) electrons. The van der Waals surface area contributed by atoms with E-state index in [1.807, 2.05) is 18.7 Å². The zero-order chi connectivity index (χ0) is 24.6. The number of pyridine rings is 1. The van der Waals surface area contributed by atoms with Crippen LogP contribution in [0.4, 0.5) is 10.1 Å². The molecular weight excluding hydrogens is 521 g/mol. The molecule has 3 aromatic rings. The van der Waals surface area contributed by atoms with Crippen molar-refractivity contribution in [3.63, 3.8) is 0 Å². The number of benzene rings is 2. The van der Waals surface area contributed by atoms with Crippen molar-refractivity contribution in [3.05, 3.63) is 73.7 Å². The highest BCUT2D eigenvalue weighted by molar-refractivity contribution is 9.10. The Morgan fingerprint density at radius 2 is 1.88 bits per heavy atom. The topological polar surface area (TPSA) is 65.8 Å². The van der Waals surface area contributed by atoms with Crippen molar-refractivity contribution in [1.82, 2.24) is 9.47 Å². The molecule has 2 heterocycles. The summed E-state index contributed by atoms with van der Waals surface area (Å²) in [7, 11) is 0. The minimum Gasteiger partial charge on any atom is -0.477 e. The van der Waals surface area contributed by atoms with Gasteiger partial charge in [0.1, 0.15) is 11.4 Å². The number of anilines is 1. The number of aromatic nitrogens is 1. The molecule has 1 saturated heterocycles. The second-order valence-corrected chi connectivity index (χ2v) is 9.75. The van der Waals surface area contributed by atoms with Gasteiger partial charge < -0.3 is 19.5 Å². The molecule has 1 N–H and O–H groups in total. The van der Waals surface area contributed by atoms with Gasteiger partial charge in [0.2, 0.25) is 5.43 Å². The van der Waals surface area contributed by atoms with Gasteiger partial charge in [-0.1, -0.05) is 40.3 Å². The van der Waals surface area contributed by atoms with Crippen LogP contribution in [0.5, 0.6) is 0 Å². The lowest BCUT2D eigenvalue weighted by molar-refractivity contribution is 0.0695. The number of halogens is 2. The van der Waals surface area contributed by atoms with Crippen molar-refractivity contribution in [1.29, 1.82) is 0 Å². The summed E-state index contributed by atoms with van der Waals surface area (Å²) in [4.78, 5) is 29.0. The van der Waals surface area contributed by atoms with Crippen molar-refractivity contribution in [2.24, 2.45) is 0 Å². The molecule has 0 bridgehead atoms. The summed E-state index contributed by atoms with van der Waals surface area (Å²) in [5, 5.41) is 9.41. The molecular formula is C25H25BrFN3O3S. The Bertz CT molecular complexity index is 1350. The largest absolute Gasteiger partial charge is 0.477 e. The Morgan fingerprint density at radius 1 is 1.18 bits per heavy atom. The van der Waals surface area contributed by atoms with Crippen molar-refractivity contribution in [2.45, 2.75) is 26.8 Å². The van der Waals surface area contributed by atoms with E-state index in [4.69, 9.17) is 12.2 Å². The fraction of sp³-hybridized carbons (Fsp3) is 0.320. The number of carbonyl (C=O) groups is 1. The minimum atomic E-state index is -1.32. The van der Waals surface area contributed by atoms with E-state index >= 15 is 4.39 Å². The van der Waals surface area contributed by atoms with Gasteiger partial charge in [-0.15, -0.1) is 0 Å². The lowest BCUT2D eigenvalue weighted by atomic mass is 10.1. The zero-order valence-electron chi connectivity index (χ0n) is 19.0. The molecule has 6 nitrogen and oxygen atoms in total. The van der Waals surface area contributed by atoms with Gasteiger partial charge in [-0.05, 0) is 43.2 Å². The average molecular weight is 546 g/mol. The fourth-order valence-corrected chi connectivity index (χ4v) is 5.29. The van der Waals surface area contributed by atoms with Gasteiger partial charge in [0.05, 0.1) is 16.2 Å². The lowest BCUT2D eigenvalue weighted by Crippen LogP contribution is -2.49. The van der Waals surface area contributed by atoms with Crippen LogP contribution in [0.15, 0.2) is 45.8 Å². The van der Waals surface area contributed by atoms with Crippen LogP contribution in [0.2, 0.25) is 0 Å². The Labute approximate surface area is 210 Å². The highest BCUT2D eigenvalue weighted by Crippen LogP contribution is 2.27. The Kier molecular flexibility index (Phi) is 7.04. The molecule has 0 spiro atoms. The first-order valence-corrected chi connectivity index (χ1v) is 12.3. The predicted molar refractivity (Wildman–Crippen MR) is 140 cm³/mol. The number of rotatable bonds is 5. The first-order chi connectivity index (χ1) is 16.2. The van der Waals surface area contributed by atoms with Gasteiger partial charge >= 0.3 is 5.97 Å². The number of piperazine rings is 1. The normalized spacial score (nSPS) is 14.0. The summed E-state index contributed by atoms with van der Waals surface area (Å²) < 4.78 is 17.8. The van der Waals surface area contributed by atoms with Crippen LogP contribution >= 0.6 is 28.1 Å². The fourth-order valence-electron chi connectivity index (χ4n) is 4.32. The van der Waals surface area contributed by atoms with Crippen molar-refractivity contribution >= 4 is 55.7 Å². The van der Waals surface area contributed by atoms with Gasteiger partial charge in [0.25, 0.3) is 0 Å². The number of fused-ring (bicyclic) bond motifs is 1. The van der Waals surface area contributed by atoms with E-state index < -0.39 is 17.2 Å². The minimum absolute atomic E-state index is 0.0755. The van der Waals surface area contributed by atoms with E-state index in [0.29, 0.717) is 50.3 Å². The SMILES string of the molecule is CCn1cc(C(=O)O)c(=O)c2cc(F)c(N3CCN(C(=S)Cc4ccc(C)cc4Br)CC3)cc21. The summed E-state index contributed by atoms with van der Waals surface area (Å²) in [5.74, 6) is -1.85. The third-order valence-electron chi connectivity index (χ3n) is 6.24. The first kappa shape index (κ1) is 24.3. The molecule has 34 heavy (non-hydrogen) atoms. The number of hydrogen-bond donors (Lipinski definition) is 1.